The first-order valence-corrected chi connectivity index (χ1v) is 10.7. The van der Waals surface area contributed by atoms with Crippen molar-refractivity contribution in [2.24, 2.45) is 0 Å². The zero-order chi connectivity index (χ0) is 22.7. The molecule has 1 fully saturated rings. The molecule has 1 aliphatic heterocycles. The van der Waals surface area contributed by atoms with E-state index < -0.39 is 0 Å². The van der Waals surface area contributed by atoms with Crippen LogP contribution in [0, 0.1) is 13.8 Å². The summed E-state index contributed by atoms with van der Waals surface area (Å²) in [4.78, 5) is 29.8. The molecule has 0 unspecified atom stereocenters. The zero-order valence-electron chi connectivity index (χ0n) is 19.4. The summed E-state index contributed by atoms with van der Waals surface area (Å²) < 4.78 is 12.8. The highest BCUT2D eigenvalue weighted by Crippen LogP contribution is 2.28. The van der Waals surface area contributed by atoms with Gasteiger partial charge >= 0.3 is 0 Å². The Morgan fingerprint density at radius 1 is 0.968 bits per heavy atom. The standard InChI is InChI=1S/C24H33N3O4/c1-16(2)27-17(3)13-20(18(27)4)21(28)15-25-9-11-26(12-10-25)24(29)19-7-8-22(30-5)23(14-19)31-6/h7-8,13-14,16H,9-12,15H2,1-6H3. The lowest BCUT2D eigenvalue weighted by Crippen LogP contribution is -2.49. The number of hydrogen-bond acceptors (Lipinski definition) is 5. The minimum Gasteiger partial charge on any atom is -0.493 e. The Balaban J connectivity index is 1.60. The molecule has 3 rings (SSSR count). The predicted molar refractivity (Wildman–Crippen MR) is 121 cm³/mol. The number of aromatic nitrogens is 1. The van der Waals surface area contributed by atoms with Gasteiger partial charge in [0, 0.05) is 54.7 Å². The quantitative estimate of drug-likeness (QED) is 0.634. The molecule has 2 heterocycles. The van der Waals surface area contributed by atoms with Crippen molar-refractivity contribution in [1.82, 2.24) is 14.4 Å². The molecular weight excluding hydrogens is 394 g/mol. The molecule has 1 aromatic carbocycles. The SMILES string of the molecule is COc1ccc(C(=O)N2CCN(CC(=O)c3cc(C)n(C(C)C)c3C)CC2)cc1OC. The van der Waals surface area contributed by atoms with Crippen molar-refractivity contribution in [2.75, 3.05) is 46.9 Å². The molecule has 1 saturated heterocycles. The number of piperazine rings is 1. The van der Waals surface area contributed by atoms with Gasteiger partial charge in [0.15, 0.2) is 17.3 Å². The maximum Gasteiger partial charge on any atom is 0.254 e. The second-order valence-electron chi connectivity index (χ2n) is 8.31. The molecule has 0 saturated carbocycles. The fourth-order valence-electron chi connectivity index (χ4n) is 4.40. The fraction of sp³-hybridized carbons (Fsp3) is 0.500. The van der Waals surface area contributed by atoms with Crippen molar-refractivity contribution in [3.63, 3.8) is 0 Å². The number of ether oxygens (including phenoxy) is 2. The Bertz CT molecular complexity index is 956. The van der Waals surface area contributed by atoms with Crippen LogP contribution in [0.5, 0.6) is 11.5 Å². The molecule has 1 amide bonds. The highest BCUT2D eigenvalue weighted by Gasteiger charge is 2.25. The van der Waals surface area contributed by atoms with E-state index in [-0.39, 0.29) is 11.7 Å². The number of benzene rings is 1. The third-order valence-corrected chi connectivity index (χ3v) is 5.96. The number of hydrogen-bond donors (Lipinski definition) is 0. The Morgan fingerprint density at radius 3 is 2.16 bits per heavy atom. The van der Waals surface area contributed by atoms with E-state index in [4.69, 9.17) is 9.47 Å². The third-order valence-electron chi connectivity index (χ3n) is 5.96. The minimum absolute atomic E-state index is 0.0348. The third kappa shape index (κ3) is 4.77. The van der Waals surface area contributed by atoms with Gasteiger partial charge in [0.2, 0.25) is 0 Å². The van der Waals surface area contributed by atoms with Crippen LogP contribution in [0.3, 0.4) is 0 Å². The molecule has 1 aliphatic rings. The molecule has 0 atom stereocenters. The number of amides is 1. The molecule has 31 heavy (non-hydrogen) atoms. The van der Waals surface area contributed by atoms with Gasteiger partial charge in [-0.15, -0.1) is 0 Å². The number of carbonyl (C=O) groups excluding carboxylic acids is 2. The molecule has 7 nitrogen and oxygen atoms in total. The van der Waals surface area contributed by atoms with Crippen LogP contribution in [0.2, 0.25) is 0 Å². The van der Waals surface area contributed by atoms with Gasteiger partial charge in [0.05, 0.1) is 20.8 Å². The van der Waals surface area contributed by atoms with Crippen LogP contribution in [0.4, 0.5) is 0 Å². The van der Waals surface area contributed by atoms with E-state index >= 15 is 0 Å². The molecule has 0 aliphatic carbocycles. The highest BCUT2D eigenvalue weighted by molar-refractivity contribution is 5.99. The van der Waals surface area contributed by atoms with Gasteiger partial charge in [-0.25, -0.2) is 0 Å². The smallest absolute Gasteiger partial charge is 0.254 e. The van der Waals surface area contributed by atoms with Crippen molar-refractivity contribution in [1.29, 1.82) is 0 Å². The minimum atomic E-state index is -0.0348. The second kappa shape index (κ2) is 9.56. The van der Waals surface area contributed by atoms with Crippen molar-refractivity contribution >= 4 is 11.7 Å². The lowest BCUT2D eigenvalue weighted by molar-refractivity contribution is 0.0624. The average Bonchev–Trinajstić information content (AvgIpc) is 3.07. The lowest BCUT2D eigenvalue weighted by atomic mass is 10.1. The topological polar surface area (TPSA) is 64.0 Å². The van der Waals surface area contributed by atoms with Crippen molar-refractivity contribution in [3.8, 4) is 11.5 Å². The van der Waals surface area contributed by atoms with Crippen LogP contribution in [-0.2, 0) is 0 Å². The van der Waals surface area contributed by atoms with Gasteiger partial charge in [-0.05, 0) is 52.0 Å². The molecule has 2 aromatic rings. The van der Waals surface area contributed by atoms with Crippen molar-refractivity contribution in [3.05, 3.63) is 46.8 Å². The summed E-state index contributed by atoms with van der Waals surface area (Å²) in [6, 6.07) is 7.53. The largest absolute Gasteiger partial charge is 0.493 e. The summed E-state index contributed by atoms with van der Waals surface area (Å²) in [5, 5.41) is 0. The molecule has 0 N–H and O–H groups in total. The van der Waals surface area contributed by atoms with Gasteiger partial charge in [-0.3, -0.25) is 14.5 Å². The summed E-state index contributed by atoms with van der Waals surface area (Å²) in [5.41, 5.74) is 3.51. The maximum absolute atomic E-state index is 12.9. The lowest BCUT2D eigenvalue weighted by Gasteiger charge is -2.34. The predicted octanol–water partition coefficient (Wildman–Crippen LogP) is 3.34. The normalized spacial score (nSPS) is 14.7. The first-order chi connectivity index (χ1) is 14.8. The van der Waals surface area contributed by atoms with Crippen molar-refractivity contribution < 1.29 is 19.1 Å². The molecule has 0 radical (unpaired) electrons. The molecule has 7 heteroatoms. The van der Waals surface area contributed by atoms with Gasteiger partial charge in [0.25, 0.3) is 5.91 Å². The fourth-order valence-corrected chi connectivity index (χ4v) is 4.40. The summed E-state index contributed by atoms with van der Waals surface area (Å²) in [6.45, 7) is 11.2. The molecule has 168 valence electrons. The van der Waals surface area contributed by atoms with Gasteiger partial charge in [-0.1, -0.05) is 0 Å². The van der Waals surface area contributed by atoms with E-state index in [2.05, 4.69) is 23.3 Å². The van der Waals surface area contributed by atoms with E-state index in [0.29, 0.717) is 55.8 Å². The van der Waals surface area contributed by atoms with E-state index in [1.165, 1.54) is 0 Å². The van der Waals surface area contributed by atoms with E-state index in [9.17, 15) is 9.59 Å². The van der Waals surface area contributed by atoms with Crippen LogP contribution in [0.25, 0.3) is 0 Å². The molecular formula is C24H33N3O4. The zero-order valence-corrected chi connectivity index (χ0v) is 19.4. The number of carbonyl (C=O) groups is 2. The van der Waals surface area contributed by atoms with Crippen LogP contribution < -0.4 is 9.47 Å². The van der Waals surface area contributed by atoms with Crippen LogP contribution in [-0.4, -0.2) is 73.0 Å². The first kappa shape index (κ1) is 22.9. The van der Waals surface area contributed by atoms with Crippen LogP contribution in [0.15, 0.2) is 24.3 Å². The Kier molecular flexibility index (Phi) is 7.05. The van der Waals surface area contributed by atoms with E-state index in [1.807, 2.05) is 24.8 Å². The molecule has 0 spiro atoms. The molecule has 1 aromatic heterocycles. The van der Waals surface area contributed by atoms with E-state index in [1.54, 1.807) is 32.4 Å². The summed E-state index contributed by atoms with van der Waals surface area (Å²) in [5.74, 6) is 1.24. The number of aryl methyl sites for hydroxylation is 1. The Labute approximate surface area is 184 Å². The van der Waals surface area contributed by atoms with Gasteiger partial charge in [-0.2, -0.15) is 0 Å². The van der Waals surface area contributed by atoms with Crippen molar-refractivity contribution in [2.45, 2.75) is 33.7 Å². The van der Waals surface area contributed by atoms with Gasteiger partial charge < -0.3 is 18.9 Å². The maximum atomic E-state index is 12.9. The highest BCUT2D eigenvalue weighted by atomic mass is 16.5. The summed E-state index contributed by atoms with van der Waals surface area (Å²) >= 11 is 0. The number of rotatable bonds is 7. The number of ketones is 1. The van der Waals surface area contributed by atoms with Gasteiger partial charge in [0.1, 0.15) is 0 Å². The Morgan fingerprint density at radius 2 is 1.61 bits per heavy atom. The van der Waals surface area contributed by atoms with Crippen LogP contribution in [0.1, 0.15) is 52.0 Å². The number of methoxy groups -OCH3 is 2. The number of Topliss-reactive ketones (excluding diaryl/α,β-unsaturated/α-hetero) is 1. The Hall–Kier alpha value is -2.80. The average molecular weight is 428 g/mol. The summed E-state index contributed by atoms with van der Waals surface area (Å²) in [6.07, 6.45) is 0. The first-order valence-electron chi connectivity index (χ1n) is 10.7. The number of nitrogens with zero attached hydrogens (tertiary/aromatic N) is 3. The monoisotopic (exact) mass is 427 g/mol. The second-order valence-corrected chi connectivity index (χ2v) is 8.31. The summed E-state index contributed by atoms with van der Waals surface area (Å²) in [7, 11) is 3.13. The van der Waals surface area contributed by atoms with E-state index in [0.717, 1.165) is 17.0 Å². The molecule has 0 bridgehead atoms. The van der Waals surface area contributed by atoms with Crippen LogP contribution >= 0.6 is 0 Å².